The van der Waals surface area contributed by atoms with E-state index in [9.17, 15) is 5.26 Å². The zero-order valence-electron chi connectivity index (χ0n) is 13.1. The molecule has 2 aliphatic carbocycles. The van der Waals surface area contributed by atoms with Crippen LogP contribution >= 0.6 is 0 Å². The van der Waals surface area contributed by atoms with Gasteiger partial charge in [-0.1, -0.05) is 13.8 Å². The van der Waals surface area contributed by atoms with E-state index in [2.05, 4.69) is 24.9 Å². The molecule has 0 amide bonds. The minimum atomic E-state index is 0.222. The van der Waals surface area contributed by atoms with Gasteiger partial charge in [0.1, 0.15) is 17.7 Å². The van der Waals surface area contributed by atoms with Crippen molar-refractivity contribution in [2.24, 2.45) is 5.41 Å². The molecule has 0 bridgehead atoms. The van der Waals surface area contributed by atoms with E-state index in [0.29, 0.717) is 16.9 Å². The molecule has 3 rings (SSSR count). The summed E-state index contributed by atoms with van der Waals surface area (Å²) in [5, 5.41) is 9.36. The van der Waals surface area contributed by atoms with Crippen LogP contribution in [0.4, 0.5) is 0 Å². The minimum Gasteiger partial charge on any atom is -0.473 e. The zero-order valence-corrected chi connectivity index (χ0v) is 13.1. The average molecular weight is 284 g/mol. The molecule has 3 heteroatoms. The fraction of sp³-hybridized carbons (Fsp3) is 0.667. The van der Waals surface area contributed by atoms with Crippen molar-refractivity contribution in [3.8, 4) is 11.9 Å². The summed E-state index contributed by atoms with van der Waals surface area (Å²) in [5.41, 5.74) is 3.43. The summed E-state index contributed by atoms with van der Waals surface area (Å²) in [4.78, 5) is 4.67. The van der Waals surface area contributed by atoms with Gasteiger partial charge in [-0.15, -0.1) is 0 Å². The Bertz CT molecular complexity index is 561. The third-order valence-corrected chi connectivity index (χ3v) is 4.95. The molecule has 1 saturated carbocycles. The number of ether oxygens (including phenoxy) is 1. The third-order valence-electron chi connectivity index (χ3n) is 4.95. The number of pyridine rings is 1. The van der Waals surface area contributed by atoms with E-state index in [-0.39, 0.29) is 6.10 Å². The molecule has 0 aliphatic heterocycles. The molecule has 0 unspecified atom stereocenters. The standard InChI is InChI=1S/C18H24N2O/c1-18(2)9-7-15(8-10-18)21-17-14(12-19)11-13-5-3-4-6-16(13)20-17/h11,15H,3-10H2,1-2H3. The number of nitrogens with zero attached hydrogens (tertiary/aromatic N) is 2. The van der Waals surface area contributed by atoms with Crippen molar-refractivity contribution in [3.05, 3.63) is 22.9 Å². The van der Waals surface area contributed by atoms with Crippen LogP contribution in [-0.2, 0) is 12.8 Å². The van der Waals surface area contributed by atoms with Crippen molar-refractivity contribution in [2.75, 3.05) is 0 Å². The van der Waals surface area contributed by atoms with Crippen LogP contribution in [0.1, 0.15) is 69.2 Å². The Morgan fingerprint density at radius 2 is 1.95 bits per heavy atom. The van der Waals surface area contributed by atoms with Crippen LogP contribution in [0.5, 0.6) is 5.88 Å². The van der Waals surface area contributed by atoms with E-state index < -0.39 is 0 Å². The van der Waals surface area contributed by atoms with Gasteiger partial charge in [-0.2, -0.15) is 5.26 Å². The maximum Gasteiger partial charge on any atom is 0.232 e. The van der Waals surface area contributed by atoms with Crippen molar-refractivity contribution in [1.82, 2.24) is 4.98 Å². The lowest BCUT2D eigenvalue weighted by molar-refractivity contribution is 0.0943. The van der Waals surface area contributed by atoms with Gasteiger partial charge in [-0.05, 0) is 68.4 Å². The summed E-state index contributed by atoms with van der Waals surface area (Å²) in [7, 11) is 0. The smallest absolute Gasteiger partial charge is 0.232 e. The lowest BCUT2D eigenvalue weighted by Crippen LogP contribution is -2.29. The molecule has 0 spiro atoms. The fourth-order valence-corrected chi connectivity index (χ4v) is 3.43. The first-order valence-corrected chi connectivity index (χ1v) is 8.17. The Labute approximate surface area is 127 Å². The first-order valence-electron chi connectivity index (χ1n) is 8.17. The summed E-state index contributed by atoms with van der Waals surface area (Å²) in [6.45, 7) is 4.64. The number of hydrogen-bond acceptors (Lipinski definition) is 3. The molecule has 112 valence electrons. The molecule has 21 heavy (non-hydrogen) atoms. The van der Waals surface area contributed by atoms with Gasteiger partial charge in [0.15, 0.2) is 0 Å². The first-order chi connectivity index (χ1) is 10.1. The molecule has 1 heterocycles. The van der Waals surface area contributed by atoms with E-state index in [1.165, 1.54) is 31.2 Å². The Balaban J connectivity index is 1.77. The van der Waals surface area contributed by atoms with Gasteiger partial charge in [-0.25, -0.2) is 4.98 Å². The predicted molar refractivity (Wildman–Crippen MR) is 82.3 cm³/mol. The predicted octanol–water partition coefficient (Wildman–Crippen LogP) is 4.18. The summed E-state index contributed by atoms with van der Waals surface area (Å²) >= 11 is 0. The molecule has 1 fully saturated rings. The van der Waals surface area contributed by atoms with Crippen LogP contribution in [0.25, 0.3) is 0 Å². The van der Waals surface area contributed by atoms with Gasteiger partial charge in [-0.3, -0.25) is 0 Å². The highest BCUT2D eigenvalue weighted by Crippen LogP contribution is 2.37. The number of aromatic nitrogens is 1. The van der Waals surface area contributed by atoms with Crippen LogP contribution in [0.2, 0.25) is 0 Å². The number of aryl methyl sites for hydroxylation is 2. The molecule has 0 radical (unpaired) electrons. The molecule has 1 aromatic rings. The minimum absolute atomic E-state index is 0.222. The Morgan fingerprint density at radius 1 is 1.24 bits per heavy atom. The van der Waals surface area contributed by atoms with Crippen LogP contribution in [0, 0.1) is 16.7 Å². The lowest BCUT2D eigenvalue weighted by Gasteiger charge is -2.34. The van der Waals surface area contributed by atoms with Crippen LogP contribution < -0.4 is 4.74 Å². The largest absolute Gasteiger partial charge is 0.473 e. The maximum atomic E-state index is 9.36. The Hall–Kier alpha value is -1.56. The highest BCUT2D eigenvalue weighted by molar-refractivity contribution is 5.43. The summed E-state index contributed by atoms with van der Waals surface area (Å²) in [6.07, 6.45) is 9.20. The van der Waals surface area contributed by atoms with Crippen molar-refractivity contribution in [1.29, 1.82) is 5.26 Å². The Morgan fingerprint density at radius 3 is 2.67 bits per heavy atom. The van der Waals surface area contributed by atoms with E-state index in [1.54, 1.807) is 0 Å². The molecule has 0 N–H and O–H groups in total. The number of fused-ring (bicyclic) bond motifs is 1. The van der Waals surface area contributed by atoms with Gasteiger partial charge in [0.05, 0.1) is 0 Å². The zero-order chi connectivity index (χ0) is 14.9. The fourth-order valence-electron chi connectivity index (χ4n) is 3.43. The van der Waals surface area contributed by atoms with E-state index in [0.717, 1.165) is 31.4 Å². The quantitative estimate of drug-likeness (QED) is 0.818. The van der Waals surface area contributed by atoms with Gasteiger partial charge in [0, 0.05) is 5.69 Å². The topological polar surface area (TPSA) is 45.9 Å². The molecule has 3 nitrogen and oxygen atoms in total. The normalized spacial score (nSPS) is 21.4. The van der Waals surface area contributed by atoms with E-state index >= 15 is 0 Å². The van der Waals surface area contributed by atoms with Gasteiger partial charge >= 0.3 is 0 Å². The molecule has 0 atom stereocenters. The van der Waals surface area contributed by atoms with Gasteiger partial charge in [0.25, 0.3) is 0 Å². The summed E-state index contributed by atoms with van der Waals surface area (Å²) in [5.74, 6) is 0.572. The lowest BCUT2D eigenvalue weighted by atomic mass is 9.76. The van der Waals surface area contributed by atoms with Crippen LogP contribution in [0.15, 0.2) is 6.07 Å². The molecule has 2 aliphatic rings. The molecular formula is C18H24N2O. The maximum absolute atomic E-state index is 9.36. The highest BCUT2D eigenvalue weighted by atomic mass is 16.5. The van der Waals surface area contributed by atoms with E-state index in [4.69, 9.17) is 4.74 Å². The Kier molecular flexibility index (Phi) is 3.89. The molecule has 0 saturated heterocycles. The second-order valence-corrected chi connectivity index (χ2v) is 7.25. The van der Waals surface area contributed by atoms with Crippen molar-refractivity contribution in [3.63, 3.8) is 0 Å². The molecule has 0 aromatic carbocycles. The third kappa shape index (κ3) is 3.20. The average Bonchev–Trinajstić information content (AvgIpc) is 2.48. The number of rotatable bonds is 2. The number of nitriles is 1. The van der Waals surface area contributed by atoms with Crippen LogP contribution in [-0.4, -0.2) is 11.1 Å². The van der Waals surface area contributed by atoms with Crippen molar-refractivity contribution < 1.29 is 4.74 Å². The van der Waals surface area contributed by atoms with Gasteiger partial charge < -0.3 is 4.74 Å². The first kappa shape index (κ1) is 14.4. The van der Waals surface area contributed by atoms with Crippen LogP contribution in [0.3, 0.4) is 0 Å². The SMILES string of the molecule is CC1(C)CCC(Oc2nc3c(cc2C#N)CCCC3)CC1. The second-order valence-electron chi connectivity index (χ2n) is 7.25. The van der Waals surface area contributed by atoms with Crippen molar-refractivity contribution in [2.45, 2.75) is 71.3 Å². The number of hydrogen-bond donors (Lipinski definition) is 0. The van der Waals surface area contributed by atoms with Gasteiger partial charge in [0.2, 0.25) is 5.88 Å². The summed E-state index contributed by atoms with van der Waals surface area (Å²) < 4.78 is 6.10. The second kappa shape index (κ2) is 5.67. The summed E-state index contributed by atoms with van der Waals surface area (Å²) in [6, 6.07) is 4.27. The molecule has 1 aromatic heterocycles. The molecular weight excluding hydrogens is 260 g/mol. The monoisotopic (exact) mass is 284 g/mol. The highest BCUT2D eigenvalue weighted by Gasteiger charge is 2.29. The van der Waals surface area contributed by atoms with E-state index in [1.807, 2.05) is 6.07 Å². The van der Waals surface area contributed by atoms with Crippen molar-refractivity contribution >= 4 is 0 Å².